The zero-order valence-electron chi connectivity index (χ0n) is 77.3. The summed E-state index contributed by atoms with van der Waals surface area (Å²) in [6.45, 7) is 10.7. The summed E-state index contributed by atoms with van der Waals surface area (Å²) in [5.74, 6) is -18.6. The largest absolute Gasteiger partial charge is 0.481 e. The molecule has 136 heavy (non-hydrogen) atoms. The molecule has 21 N–H and O–H groups in total. The van der Waals surface area contributed by atoms with E-state index in [2.05, 4.69) is 84.4 Å². The topological polar surface area (TPSA) is 602 Å². The highest BCUT2D eigenvalue weighted by molar-refractivity contribution is 8.00. The van der Waals surface area contributed by atoms with Gasteiger partial charge in [0.25, 0.3) is 0 Å². The highest BCUT2D eigenvalue weighted by Gasteiger charge is 2.44. The van der Waals surface area contributed by atoms with Crippen molar-refractivity contribution in [3.63, 3.8) is 0 Å². The Morgan fingerprint density at radius 2 is 1.10 bits per heavy atom. The lowest BCUT2D eigenvalue weighted by atomic mass is 9.98. The Labute approximate surface area is 796 Å². The highest BCUT2D eigenvalue weighted by Crippen LogP contribution is 2.27. The quantitative estimate of drug-likeness (QED) is 0.0186. The molecule has 0 bridgehead atoms. The lowest BCUT2D eigenvalue weighted by Gasteiger charge is -2.33. The molecular formula is C93H124N22O19S2. The van der Waals surface area contributed by atoms with Gasteiger partial charge in [-0.2, -0.15) is 0 Å². The summed E-state index contributed by atoms with van der Waals surface area (Å²) in [5, 5.41) is 57.3. The van der Waals surface area contributed by atoms with Gasteiger partial charge < -0.3 is 111 Å². The molecule has 3 fully saturated rings. The van der Waals surface area contributed by atoms with E-state index in [1.807, 2.05) is 47.4 Å². The smallest absolute Gasteiger partial charge is 0.305 e. The number of primary amides is 1. The molecule has 41 nitrogen and oxygen atoms in total. The number of aromatic amines is 1. The molecule has 0 saturated carbocycles. The summed E-state index contributed by atoms with van der Waals surface area (Å²) in [7, 11) is 1.26. The normalized spacial score (nSPS) is 22.9. The molecule has 3 saturated heterocycles. The molecule has 9 rings (SSSR count). The molecule has 43 heteroatoms. The molecular weight excluding hydrogens is 1790 g/mol. The second-order valence-electron chi connectivity index (χ2n) is 34.8. The van der Waals surface area contributed by atoms with Crippen molar-refractivity contribution in [2.75, 3.05) is 82.9 Å². The van der Waals surface area contributed by atoms with Gasteiger partial charge in [-0.15, -0.1) is 23.1 Å². The number of nitrogens with one attached hydrogen (secondary N) is 16. The number of anilines is 1. The Morgan fingerprint density at radius 3 is 1.68 bits per heavy atom. The molecule has 0 aliphatic carbocycles. The number of amides is 16. The minimum atomic E-state index is -1.98. The van der Waals surface area contributed by atoms with Gasteiger partial charge in [0.15, 0.2) is 5.96 Å². The van der Waals surface area contributed by atoms with E-state index in [4.69, 9.17) is 21.6 Å². The summed E-state index contributed by atoms with van der Waals surface area (Å²) < 4.78 is 5.65. The van der Waals surface area contributed by atoms with Crippen LogP contribution in [0.15, 0.2) is 133 Å². The number of benzene rings is 4. The van der Waals surface area contributed by atoms with Crippen molar-refractivity contribution in [2.24, 2.45) is 29.2 Å². The minimum Gasteiger partial charge on any atom is -0.481 e. The number of rotatable bonds is 26. The molecule has 5 heterocycles. The van der Waals surface area contributed by atoms with Crippen LogP contribution in [0, 0.1) is 23.2 Å². The zero-order chi connectivity index (χ0) is 98.8. The van der Waals surface area contributed by atoms with E-state index < -0.39 is 210 Å². The van der Waals surface area contributed by atoms with Crippen molar-refractivity contribution in [2.45, 2.75) is 185 Å². The van der Waals surface area contributed by atoms with E-state index in [1.165, 1.54) is 42.6 Å². The Hall–Kier alpha value is -13.7. The number of aromatic nitrogens is 2. The van der Waals surface area contributed by atoms with Crippen molar-refractivity contribution in [3.05, 3.63) is 155 Å². The summed E-state index contributed by atoms with van der Waals surface area (Å²) in [5.41, 5.74) is 15.8. The fraction of sp³-hybridized carbons (Fsp3) is 0.473. The van der Waals surface area contributed by atoms with Gasteiger partial charge >= 0.3 is 5.97 Å². The summed E-state index contributed by atoms with van der Waals surface area (Å²) in [4.78, 5) is 258. The van der Waals surface area contributed by atoms with Crippen LogP contribution in [0.1, 0.15) is 109 Å². The van der Waals surface area contributed by atoms with Crippen LogP contribution in [0.5, 0.6) is 0 Å². The number of carboxylic acids is 1. The van der Waals surface area contributed by atoms with Crippen molar-refractivity contribution in [1.82, 2.24) is 93.8 Å². The Kier molecular flexibility index (Phi) is 40.7. The predicted molar refractivity (Wildman–Crippen MR) is 507 cm³/mol. The number of hydrogen-bond donors (Lipinski definition) is 19. The van der Waals surface area contributed by atoms with E-state index in [-0.39, 0.29) is 114 Å². The number of aliphatic carboxylic acids is 1. The zero-order valence-corrected chi connectivity index (χ0v) is 78.9. The Morgan fingerprint density at radius 1 is 0.559 bits per heavy atom. The molecule has 0 spiro atoms. The highest BCUT2D eigenvalue weighted by atomic mass is 32.2. The fourth-order valence-electron chi connectivity index (χ4n) is 15.6. The van der Waals surface area contributed by atoms with E-state index in [1.54, 1.807) is 120 Å². The van der Waals surface area contributed by atoms with Crippen molar-refractivity contribution in [1.29, 1.82) is 5.41 Å². The third-order valence-corrected chi connectivity index (χ3v) is 24.7. The van der Waals surface area contributed by atoms with E-state index >= 15 is 19.2 Å². The van der Waals surface area contributed by atoms with Crippen molar-refractivity contribution in [3.8, 4) is 22.3 Å². The average Bonchev–Trinajstić information content (AvgIpc) is 1.62. The van der Waals surface area contributed by atoms with Gasteiger partial charge in [0.05, 0.1) is 38.5 Å². The van der Waals surface area contributed by atoms with Crippen LogP contribution < -0.4 is 85.9 Å². The number of carboxylic acid groups (broad SMARTS) is 1. The molecule has 0 unspecified atom stereocenters. The first-order valence-corrected chi connectivity index (χ1v) is 47.1. The maximum Gasteiger partial charge on any atom is 0.305 e. The van der Waals surface area contributed by atoms with E-state index in [0.717, 1.165) is 33.4 Å². The molecule has 3 aliphatic rings. The molecule has 4 aromatic carbocycles. The van der Waals surface area contributed by atoms with Gasteiger partial charge in [-0.25, -0.2) is 4.98 Å². The third kappa shape index (κ3) is 33.4. The van der Waals surface area contributed by atoms with Gasteiger partial charge in [-0.1, -0.05) is 139 Å². The number of nitrogens with zero attached hydrogens (tertiary/aromatic N) is 4. The van der Waals surface area contributed by atoms with Gasteiger partial charge in [-0.3, -0.25) is 91.8 Å². The van der Waals surface area contributed by atoms with Gasteiger partial charge in [0.1, 0.15) is 78.3 Å². The van der Waals surface area contributed by atoms with Gasteiger partial charge in [-0.05, 0) is 107 Å². The first-order valence-electron chi connectivity index (χ1n) is 45.1. The minimum absolute atomic E-state index is 0.00722. The van der Waals surface area contributed by atoms with Gasteiger partial charge in [0, 0.05) is 101 Å². The SMILES string of the molecule is CC(=O)Nc1ccc(-c2ccc(C[C@@H]3NC(=O)[C@H](Cc4ccc(-c5ccccc5)cc4)NC(=O)[C@H](CN4CCOCC4)NC(=O)CSC[C@@H](C(=O)NCC(N)=O)NC(=O)[C@H](CC(C)C)NC(=O)[C@H](Cc4ncc[nH]4)NC(=O)[C@H](C(C)C)NC(=O)[C@@H]4CCCN4C(=O)[C@H](C(C)C)NC(=O)[C@@H](CCCNC(=N)N)NC(=O)[C@H](CC(=O)O)NC(=O)[C@H](Cc4cccs4)NC(=O)CN(C)C3=O)cc2)cc1. The fourth-order valence-corrected chi connectivity index (χ4v) is 17.2. The van der Waals surface area contributed by atoms with Crippen LogP contribution in [0.2, 0.25) is 0 Å². The van der Waals surface area contributed by atoms with Crippen LogP contribution in [-0.2, 0) is 112 Å². The molecule has 3 aliphatic heterocycles. The number of likely N-dealkylation sites (N-methyl/N-ethyl adjacent to an activating group) is 1. The molecule has 2 aromatic heterocycles. The van der Waals surface area contributed by atoms with Crippen LogP contribution in [-0.4, -0.2) is 286 Å². The summed E-state index contributed by atoms with van der Waals surface area (Å²) >= 11 is 2.01. The summed E-state index contributed by atoms with van der Waals surface area (Å²) in [6, 6.07) is 15.4. The number of nitrogens with two attached hydrogens (primary N) is 2. The lowest BCUT2D eigenvalue weighted by molar-refractivity contribution is -0.144. The summed E-state index contributed by atoms with van der Waals surface area (Å²) in [6.07, 6.45) is 0.732. The molecule has 732 valence electrons. The number of hydrogen-bond acceptors (Lipinski definition) is 23. The Bertz CT molecular complexity index is 5140. The first-order chi connectivity index (χ1) is 64.8. The third-order valence-electron chi connectivity index (χ3n) is 22.7. The number of guanidine groups is 1. The second-order valence-corrected chi connectivity index (χ2v) is 36.8. The predicted octanol–water partition coefficient (Wildman–Crippen LogP) is -0.407. The number of carbonyl (C=O) groups is 17. The maximum absolute atomic E-state index is 15.7. The lowest BCUT2D eigenvalue weighted by Crippen LogP contribution is -2.62. The average molecular weight is 1920 g/mol. The molecule has 6 aromatic rings. The van der Waals surface area contributed by atoms with Crippen LogP contribution in [0.3, 0.4) is 0 Å². The van der Waals surface area contributed by atoms with Crippen molar-refractivity contribution >= 4 is 135 Å². The van der Waals surface area contributed by atoms with Crippen molar-refractivity contribution < 1.29 is 91.4 Å². The van der Waals surface area contributed by atoms with Crippen LogP contribution >= 0.6 is 23.1 Å². The number of H-pyrrole nitrogens is 1. The standard InChI is InChI=1S/C93H124N22O19S2/c1-52(2)41-65-83(124)110-72(81(122)100-47-74(94)117)50-135-51-77(119)103-71(48-114-36-38-134-39-37-114)88(129)106-66(42-56-20-24-59(25-21-56)58-15-10-9-11-16-58)84(125)109-70(43-57-22-26-60(27-23-57)61-28-30-62(31-29-61)101-55(7)116)91(132)113(8)49-76(118)102-67(44-63-17-14-40-136-63)85(126)107-69(46-78(120)121)87(128)104-64(18-12-32-99-93(95)96)82(123)112-80(54(5)6)92(133)115-35-13-19-73(115)89(130)111-79(53(3)4)90(131)108-68(86(127)105-65)45-75-97-33-34-98-75/h9-11,14-17,20-31,33-34,40,52-54,64-73,79-80H,12-13,18-19,32,35-39,41-51H2,1-8H3,(H2,94,117)(H,97,98)(H,100,122)(H,101,116)(H,102,118)(H,103,119)(H,104,128)(H,105,127)(H,106,129)(H,107,126)(H,108,131)(H,109,125)(H,110,124)(H,111,130)(H,112,123)(H,120,121)(H4,95,96,99)/t64-,65+,66+,67+,68+,69+,70+,71+,72+,73+,79+,80+/m1/s1. The molecule has 12 atom stereocenters. The number of morpholine rings is 1. The maximum atomic E-state index is 15.7. The molecule has 16 amide bonds. The van der Waals surface area contributed by atoms with Crippen LogP contribution in [0.25, 0.3) is 22.3 Å². The second kappa shape index (κ2) is 52.3. The number of thioether (sulfide) groups is 1. The molecule has 0 radical (unpaired) electrons. The number of ether oxygens (including phenoxy) is 1. The van der Waals surface area contributed by atoms with Gasteiger partial charge in [0.2, 0.25) is 94.5 Å². The Balaban J connectivity index is 1.10. The first kappa shape index (κ1) is 106. The van der Waals surface area contributed by atoms with E-state index in [9.17, 15) is 67.4 Å². The number of fused-ring (bicyclic) bond motifs is 1. The monoisotopic (exact) mass is 1920 g/mol. The van der Waals surface area contributed by atoms with Crippen LogP contribution in [0.4, 0.5) is 5.69 Å². The number of thiophene rings is 1. The van der Waals surface area contributed by atoms with E-state index in [0.29, 0.717) is 40.3 Å². The number of carbonyl (C=O) groups excluding carboxylic acids is 16. The number of imidazole rings is 1.